The van der Waals surface area contributed by atoms with Crippen LogP contribution >= 0.6 is 11.6 Å². The zero-order valence-corrected chi connectivity index (χ0v) is 7.76. The van der Waals surface area contributed by atoms with Gasteiger partial charge in [0.1, 0.15) is 10.7 Å². The molecule has 1 heterocycles. The van der Waals surface area contributed by atoms with Gasteiger partial charge in [-0.15, -0.1) is 0 Å². The van der Waals surface area contributed by atoms with Gasteiger partial charge in [0.25, 0.3) is 6.43 Å². The maximum absolute atomic E-state index is 12.3. The molecule has 4 nitrogen and oxygen atoms in total. The van der Waals surface area contributed by atoms with Crippen molar-refractivity contribution in [2.75, 3.05) is 0 Å². The van der Waals surface area contributed by atoms with E-state index in [1.54, 1.807) is 0 Å². The van der Waals surface area contributed by atoms with Crippen LogP contribution in [0.3, 0.4) is 0 Å². The molecule has 76 valence electrons. The van der Waals surface area contributed by atoms with Crippen molar-refractivity contribution in [2.45, 2.75) is 13.3 Å². The van der Waals surface area contributed by atoms with Crippen LogP contribution in [-0.4, -0.2) is 9.91 Å². The Morgan fingerprint density at radius 1 is 1.64 bits per heavy atom. The van der Waals surface area contributed by atoms with E-state index in [9.17, 15) is 18.9 Å². The number of nitro groups is 1. The van der Waals surface area contributed by atoms with Crippen molar-refractivity contribution in [2.24, 2.45) is 0 Å². The topological polar surface area (TPSA) is 56.0 Å². The first-order valence-electron chi connectivity index (χ1n) is 3.52. The second-order valence-corrected chi connectivity index (χ2v) is 2.90. The van der Waals surface area contributed by atoms with Crippen molar-refractivity contribution in [3.63, 3.8) is 0 Å². The summed E-state index contributed by atoms with van der Waals surface area (Å²) < 4.78 is 24.5. The molecule has 0 aliphatic rings. The summed E-state index contributed by atoms with van der Waals surface area (Å²) in [5.74, 6) is 0. The Labute approximate surface area is 82.7 Å². The van der Waals surface area contributed by atoms with E-state index in [2.05, 4.69) is 4.98 Å². The monoisotopic (exact) mass is 222 g/mol. The van der Waals surface area contributed by atoms with Crippen LogP contribution in [0.5, 0.6) is 0 Å². The zero-order valence-electron chi connectivity index (χ0n) is 7.00. The first-order chi connectivity index (χ1) is 6.45. The van der Waals surface area contributed by atoms with Crippen molar-refractivity contribution < 1.29 is 13.7 Å². The molecule has 0 N–H and O–H groups in total. The molecule has 0 bridgehead atoms. The molecule has 0 saturated heterocycles. The van der Waals surface area contributed by atoms with Gasteiger partial charge in [0.2, 0.25) is 0 Å². The first kappa shape index (κ1) is 10.8. The Hall–Kier alpha value is -1.30. The molecule has 0 spiro atoms. The second kappa shape index (κ2) is 3.83. The third kappa shape index (κ3) is 1.79. The second-order valence-electron chi connectivity index (χ2n) is 2.52. The predicted octanol–water partition coefficient (Wildman–Crippen LogP) is 2.89. The molecule has 0 aliphatic carbocycles. The van der Waals surface area contributed by atoms with Crippen LogP contribution in [0.25, 0.3) is 0 Å². The Balaban J connectivity index is 3.41. The van der Waals surface area contributed by atoms with Gasteiger partial charge in [0.15, 0.2) is 0 Å². The molecule has 0 fully saturated rings. The van der Waals surface area contributed by atoms with Crippen LogP contribution in [0.1, 0.15) is 17.7 Å². The average molecular weight is 223 g/mol. The minimum atomic E-state index is -2.87. The van der Waals surface area contributed by atoms with Crippen LogP contribution in [0.2, 0.25) is 5.02 Å². The van der Waals surface area contributed by atoms with Gasteiger partial charge in [0.05, 0.1) is 10.5 Å². The fourth-order valence-electron chi connectivity index (χ4n) is 0.944. The molecule has 14 heavy (non-hydrogen) atoms. The quantitative estimate of drug-likeness (QED) is 0.571. The van der Waals surface area contributed by atoms with Crippen molar-refractivity contribution in [3.8, 4) is 0 Å². The molecule has 1 rings (SSSR count). The van der Waals surface area contributed by atoms with Crippen LogP contribution in [0.15, 0.2) is 6.20 Å². The van der Waals surface area contributed by atoms with E-state index in [0.29, 0.717) is 0 Å². The lowest BCUT2D eigenvalue weighted by atomic mass is 10.2. The molecule has 0 saturated carbocycles. The molecule has 0 unspecified atom stereocenters. The summed E-state index contributed by atoms with van der Waals surface area (Å²) in [6.45, 7) is 1.33. The fraction of sp³-hybridized carbons (Fsp3) is 0.286. The highest BCUT2D eigenvalue weighted by Crippen LogP contribution is 2.34. The number of hydrogen-bond acceptors (Lipinski definition) is 3. The number of nitrogens with zero attached hydrogens (tertiary/aromatic N) is 2. The molecule has 0 amide bonds. The Bertz CT molecular complexity index is 384. The molecule has 1 aromatic heterocycles. The number of halogens is 3. The van der Waals surface area contributed by atoms with Gasteiger partial charge < -0.3 is 0 Å². The van der Waals surface area contributed by atoms with E-state index in [-0.39, 0.29) is 5.69 Å². The molecular formula is C7H5ClF2N2O2. The largest absolute Gasteiger partial charge is 0.309 e. The SMILES string of the molecule is Cc1ncc(C(F)F)c(Cl)c1[N+](=O)[O-]. The maximum atomic E-state index is 12.3. The number of alkyl halides is 2. The summed E-state index contributed by atoms with van der Waals surface area (Å²) >= 11 is 5.44. The van der Waals surface area contributed by atoms with E-state index in [1.165, 1.54) is 6.92 Å². The molecule has 0 atom stereocenters. The lowest BCUT2D eigenvalue weighted by molar-refractivity contribution is -0.385. The van der Waals surface area contributed by atoms with Crippen molar-refractivity contribution >= 4 is 17.3 Å². The van der Waals surface area contributed by atoms with Gasteiger partial charge >= 0.3 is 5.69 Å². The lowest BCUT2D eigenvalue weighted by Gasteiger charge is -2.04. The van der Waals surface area contributed by atoms with Gasteiger partial charge in [-0.3, -0.25) is 15.1 Å². The number of rotatable bonds is 2. The van der Waals surface area contributed by atoms with Gasteiger partial charge in [-0.25, -0.2) is 8.78 Å². The number of hydrogen-bond donors (Lipinski definition) is 0. The van der Waals surface area contributed by atoms with E-state index < -0.39 is 27.6 Å². The van der Waals surface area contributed by atoms with E-state index in [1.807, 2.05) is 0 Å². The van der Waals surface area contributed by atoms with E-state index in [4.69, 9.17) is 11.6 Å². The van der Waals surface area contributed by atoms with Gasteiger partial charge in [-0.05, 0) is 6.92 Å². The first-order valence-corrected chi connectivity index (χ1v) is 3.90. The van der Waals surface area contributed by atoms with Gasteiger partial charge in [-0.2, -0.15) is 0 Å². The van der Waals surface area contributed by atoms with Crippen LogP contribution in [0, 0.1) is 17.0 Å². The third-order valence-electron chi connectivity index (χ3n) is 1.62. The highest BCUT2D eigenvalue weighted by atomic mass is 35.5. The van der Waals surface area contributed by atoms with Crippen LogP contribution in [-0.2, 0) is 0 Å². The van der Waals surface area contributed by atoms with Crippen molar-refractivity contribution in [1.82, 2.24) is 4.98 Å². The van der Waals surface area contributed by atoms with Crippen LogP contribution < -0.4 is 0 Å². The minimum Gasteiger partial charge on any atom is -0.258 e. The molecule has 0 radical (unpaired) electrons. The normalized spacial score (nSPS) is 10.6. The Kier molecular flexibility index (Phi) is 2.95. The van der Waals surface area contributed by atoms with Gasteiger partial charge in [-0.1, -0.05) is 11.6 Å². The predicted molar refractivity (Wildman–Crippen MR) is 45.6 cm³/mol. The van der Waals surface area contributed by atoms with E-state index >= 15 is 0 Å². The smallest absolute Gasteiger partial charge is 0.258 e. The van der Waals surface area contributed by atoms with Crippen molar-refractivity contribution in [1.29, 1.82) is 0 Å². The maximum Gasteiger partial charge on any atom is 0.309 e. The third-order valence-corrected chi connectivity index (χ3v) is 2.02. The zero-order chi connectivity index (χ0) is 10.9. The Morgan fingerprint density at radius 2 is 2.21 bits per heavy atom. The van der Waals surface area contributed by atoms with Crippen molar-refractivity contribution in [3.05, 3.63) is 32.6 Å². The summed E-state index contributed by atoms with van der Waals surface area (Å²) in [6, 6.07) is 0. The standard InChI is InChI=1S/C7H5ClF2N2O2/c1-3-6(12(13)14)5(8)4(2-11-3)7(9)10/h2,7H,1H3. The summed E-state index contributed by atoms with van der Waals surface area (Å²) in [6.07, 6.45) is -2.02. The summed E-state index contributed by atoms with van der Waals surface area (Å²) in [4.78, 5) is 13.1. The number of pyridine rings is 1. The molecule has 0 aliphatic heterocycles. The molecule has 7 heteroatoms. The summed E-state index contributed by atoms with van der Waals surface area (Å²) in [5.41, 5.74) is -1.17. The van der Waals surface area contributed by atoms with E-state index in [0.717, 1.165) is 6.20 Å². The Morgan fingerprint density at radius 3 is 2.64 bits per heavy atom. The molecular weight excluding hydrogens is 218 g/mol. The average Bonchev–Trinajstić information content (AvgIpc) is 2.02. The highest BCUT2D eigenvalue weighted by Gasteiger charge is 2.24. The molecule has 0 aromatic carbocycles. The van der Waals surface area contributed by atoms with Gasteiger partial charge in [0, 0.05) is 6.20 Å². The highest BCUT2D eigenvalue weighted by molar-refractivity contribution is 6.33. The lowest BCUT2D eigenvalue weighted by Crippen LogP contribution is -1.99. The number of aryl methyl sites for hydroxylation is 1. The minimum absolute atomic E-state index is 0.0180. The summed E-state index contributed by atoms with van der Waals surface area (Å²) in [5, 5.41) is 9.91. The molecule has 1 aromatic rings. The fourth-order valence-corrected chi connectivity index (χ4v) is 1.28. The summed E-state index contributed by atoms with van der Waals surface area (Å²) in [7, 11) is 0. The number of aromatic nitrogens is 1. The van der Waals surface area contributed by atoms with Crippen LogP contribution in [0.4, 0.5) is 14.5 Å².